The topological polar surface area (TPSA) is 42.9 Å². The Morgan fingerprint density at radius 1 is 1.31 bits per heavy atom. The Labute approximate surface area is 99.5 Å². The van der Waals surface area contributed by atoms with Gasteiger partial charge in [-0.25, -0.2) is 14.4 Å². The van der Waals surface area contributed by atoms with Crippen LogP contribution < -0.4 is 0 Å². The van der Waals surface area contributed by atoms with Crippen molar-refractivity contribution >= 4 is 22.2 Å². The number of benzene rings is 1. The van der Waals surface area contributed by atoms with Gasteiger partial charge < -0.3 is 0 Å². The van der Waals surface area contributed by atoms with Crippen LogP contribution in [0.15, 0.2) is 34.9 Å². The highest BCUT2D eigenvalue weighted by molar-refractivity contribution is 9.10. The molecule has 0 unspecified atom stereocenters. The summed E-state index contributed by atoms with van der Waals surface area (Å²) in [4.78, 5) is 18.4. The first-order valence-corrected chi connectivity index (χ1v) is 5.23. The van der Waals surface area contributed by atoms with Crippen LogP contribution in [0.3, 0.4) is 0 Å². The van der Waals surface area contributed by atoms with Gasteiger partial charge in [0.1, 0.15) is 11.5 Å². The molecular formula is C11H6BrFN2O. The van der Waals surface area contributed by atoms with Crippen molar-refractivity contribution in [2.75, 3.05) is 0 Å². The Kier molecular flexibility index (Phi) is 3.05. The van der Waals surface area contributed by atoms with E-state index < -0.39 is 5.82 Å². The second-order valence-corrected chi connectivity index (χ2v) is 3.96. The molecule has 0 fully saturated rings. The Balaban J connectivity index is 2.53. The van der Waals surface area contributed by atoms with Gasteiger partial charge in [0.2, 0.25) is 0 Å². The van der Waals surface area contributed by atoms with Crippen molar-refractivity contribution in [1.29, 1.82) is 0 Å². The van der Waals surface area contributed by atoms with Crippen LogP contribution in [0.2, 0.25) is 0 Å². The molecule has 2 rings (SSSR count). The molecule has 0 aliphatic rings. The summed E-state index contributed by atoms with van der Waals surface area (Å²) >= 11 is 3.16. The minimum absolute atomic E-state index is 0.203. The molecule has 1 aromatic carbocycles. The monoisotopic (exact) mass is 280 g/mol. The summed E-state index contributed by atoms with van der Waals surface area (Å²) in [6.07, 6.45) is 2.02. The van der Waals surface area contributed by atoms with E-state index in [2.05, 4.69) is 25.9 Å². The fourth-order valence-corrected chi connectivity index (χ4v) is 1.57. The number of halogens is 2. The summed E-state index contributed by atoms with van der Waals surface area (Å²) in [6.45, 7) is 0. The average Bonchev–Trinajstić information content (AvgIpc) is 2.29. The minimum atomic E-state index is -0.433. The molecular weight excluding hydrogens is 275 g/mol. The lowest BCUT2D eigenvalue weighted by Gasteiger charge is -2.02. The Bertz CT molecular complexity index is 545. The predicted molar refractivity (Wildman–Crippen MR) is 60.5 cm³/mol. The van der Waals surface area contributed by atoms with Crippen molar-refractivity contribution in [2.24, 2.45) is 0 Å². The van der Waals surface area contributed by atoms with Crippen LogP contribution in [-0.4, -0.2) is 16.3 Å². The second kappa shape index (κ2) is 4.49. The van der Waals surface area contributed by atoms with E-state index in [1.165, 1.54) is 18.3 Å². The van der Waals surface area contributed by atoms with Crippen LogP contribution in [-0.2, 0) is 0 Å². The van der Waals surface area contributed by atoms with Crippen molar-refractivity contribution < 1.29 is 9.18 Å². The fourth-order valence-electron chi connectivity index (χ4n) is 1.24. The third-order valence-electron chi connectivity index (χ3n) is 1.97. The predicted octanol–water partition coefficient (Wildman–Crippen LogP) is 2.86. The minimum Gasteiger partial charge on any atom is -0.296 e. The van der Waals surface area contributed by atoms with Crippen molar-refractivity contribution in [1.82, 2.24) is 9.97 Å². The molecule has 0 bridgehead atoms. The molecule has 1 heterocycles. The molecule has 16 heavy (non-hydrogen) atoms. The lowest BCUT2D eigenvalue weighted by molar-refractivity contribution is 0.111. The van der Waals surface area contributed by atoms with E-state index in [-0.39, 0.29) is 17.1 Å². The molecule has 80 valence electrons. The van der Waals surface area contributed by atoms with Crippen LogP contribution in [0, 0.1) is 5.82 Å². The molecule has 1 aromatic heterocycles. The Hall–Kier alpha value is -1.62. The Morgan fingerprint density at radius 3 is 2.81 bits per heavy atom. The summed E-state index contributed by atoms with van der Waals surface area (Å²) in [7, 11) is 0. The fraction of sp³-hybridized carbons (Fsp3) is 0. The van der Waals surface area contributed by atoms with E-state index in [1.54, 1.807) is 12.1 Å². The molecule has 0 radical (unpaired) electrons. The van der Waals surface area contributed by atoms with E-state index in [0.717, 1.165) is 0 Å². The number of carbonyl (C=O) groups is 1. The van der Waals surface area contributed by atoms with E-state index >= 15 is 0 Å². The van der Waals surface area contributed by atoms with Gasteiger partial charge in [-0.15, -0.1) is 0 Å². The van der Waals surface area contributed by atoms with Crippen LogP contribution >= 0.6 is 15.9 Å². The smallest absolute Gasteiger partial charge is 0.168 e. The van der Waals surface area contributed by atoms with Crippen molar-refractivity contribution in [3.05, 3.63) is 46.4 Å². The summed E-state index contributed by atoms with van der Waals surface area (Å²) < 4.78 is 14.2. The summed E-state index contributed by atoms with van der Waals surface area (Å²) in [5.74, 6) is -0.230. The summed E-state index contributed by atoms with van der Waals surface area (Å²) in [5, 5.41) is 0. The van der Waals surface area contributed by atoms with Gasteiger partial charge >= 0.3 is 0 Å². The van der Waals surface area contributed by atoms with Crippen molar-refractivity contribution in [3.63, 3.8) is 0 Å². The zero-order valence-corrected chi connectivity index (χ0v) is 9.61. The molecule has 0 aliphatic carbocycles. The van der Waals surface area contributed by atoms with Gasteiger partial charge in [0.05, 0.1) is 5.56 Å². The van der Waals surface area contributed by atoms with E-state index in [9.17, 15) is 9.18 Å². The lowest BCUT2D eigenvalue weighted by atomic mass is 10.2. The van der Waals surface area contributed by atoms with Gasteiger partial charge in [0.15, 0.2) is 12.1 Å². The maximum atomic E-state index is 13.6. The number of aromatic nitrogens is 2. The van der Waals surface area contributed by atoms with Gasteiger partial charge in [-0.3, -0.25) is 4.79 Å². The van der Waals surface area contributed by atoms with Gasteiger partial charge in [0, 0.05) is 10.7 Å². The van der Waals surface area contributed by atoms with Gasteiger partial charge in [-0.05, 0) is 24.3 Å². The first-order valence-electron chi connectivity index (χ1n) is 4.44. The van der Waals surface area contributed by atoms with Crippen LogP contribution in [0.5, 0.6) is 0 Å². The molecule has 0 N–H and O–H groups in total. The van der Waals surface area contributed by atoms with E-state index in [4.69, 9.17) is 0 Å². The molecule has 2 aromatic rings. The highest BCUT2D eigenvalue weighted by Gasteiger charge is 2.08. The van der Waals surface area contributed by atoms with Crippen LogP contribution in [0.25, 0.3) is 11.4 Å². The molecule has 0 amide bonds. The molecule has 5 heteroatoms. The van der Waals surface area contributed by atoms with Gasteiger partial charge in [-0.1, -0.05) is 15.9 Å². The quantitative estimate of drug-likeness (QED) is 0.795. The highest BCUT2D eigenvalue weighted by atomic mass is 79.9. The van der Waals surface area contributed by atoms with Gasteiger partial charge in [0.25, 0.3) is 0 Å². The van der Waals surface area contributed by atoms with E-state index in [0.29, 0.717) is 10.8 Å². The standard InChI is InChI=1S/C11H6BrFN2O/c12-7-1-2-9(10(13)5-7)11-14-4-3-8(6-16)15-11/h1-6H. The van der Waals surface area contributed by atoms with E-state index in [1.807, 2.05) is 0 Å². The zero-order valence-electron chi connectivity index (χ0n) is 8.02. The molecule has 3 nitrogen and oxygen atoms in total. The van der Waals surface area contributed by atoms with Crippen LogP contribution in [0.1, 0.15) is 10.5 Å². The maximum Gasteiger partial charge on any atom is 0.168 e. The van der Waals surface area contributed by atoms with Crippen molar-refractivity contribution in [3.8, 4) is 11.4 Å². The molecule has 0 aliphatic heterocycles. The third kappa shape index (κ3) is 2.14. The largest absolute Gasteiger partial charge is 0.296 e. The number of hydrogen-bond donors (Lipinski definition) is 0. The first kappa shape index (κ1) is 10.9. The molecule has 0 atom stereocenters. The molecule has 0 saturated carbocycles. The van der Waals surface area contributed by atoms with Gasteiger partial charge in [-0.2, -0.15) is 0 Å². The van der Waals surface area contributed by atoms with Crippen LogP contribution in [0.4, 0.5) is 4.39 Å². The molecule has 0 saturated heterocycles. The maximum absolute atomic E-state index is 13.6. The number of carbonyl (C=O) groups excluding carboxylic acids is 1. The zero-order chi connectivity index (χ0) is 11.5. The number of nitrogens with zero attached hydrogens (tertiary/aromatic N) is 2. The third-order valence-corrected chi connectivity index (χ3v) is 2.46. The summed E-state index contributed by atoms with van der Waals surface area (Å²) in [5.41, 5.74) is 0.499. The first-order chi connectivity index (χ1) is 7.70. The molecule has 0 spiro atoms. The van der Waals surface area contributed by atoms with Crippen molar-refractivity contribution in [2.45, 2.75) is 0 Å². The normalized spacial score (nSPS) is 10.1. The summed E-state index contributed by atoms with van der Waals surface area (Å²) in [6, 6.07) is 6.04. The second-order valence-electron chi connectivity index (χ2n) is 3.05. The Morgan fingerprint density at radius 2 is 2.12 bits per heavy atom. The number of aldehydes is 1. The number of hydrogen-bond acceptors (Lipinski definition) is 3. The SMILES string of the molecule is O=Cc1ccnc(-c2ccc(Br)cc2F)n1. The highest BCUT2D eigenvalue weighted by Crippen LogP contribution is 2.22. The lowest BCUT2D eigenvalue weighted by Crippen LogP contribution is -1.95. The number of rotatable bonds is 2. The average molecular weight is 281 g/mol.